The van der Waals surface area contributed by atoms with E-state index >= 15 is 0 Å². The van der Waals surface area contributed by atoms with E-state index in [1.54, 1.807) is 0 Å². The first-order chi connectivity index (χ1) is 41.2. The minimum Gasteiger partial charge on any atom is -0.457 e. The summed E-state index contributed by atoms with van der Waals surface area (Å²) in [5, 5.41) is 0. The predicted molar refractivity (Wildman–Crippen MR) is 338 cm³/mol. The van der Waals surface area contributed by atoms with Crippen LogP contribution in [0.15, 0.2) is 309 Å². The van der Waals surface area contributed by atoms with Crippen LogP contribution in [0.25, 0.3) is 66.8 Å². The van der Waals surface area contributed by atoms with E-state index in [1.165, 1.54) is 61.2 Å². The van der Waals surface area contributed by atoms with Crippen LogP contribution in [0.1, 0.15) is 44.5 Å². The maximum atomic E-state index is 6.69. The Morgan fingerprint density at radius 3 is 1.16 bits per heavy atom. The lowest BCUT2D eigenvalue weighted by Crippen LogP contribution is -2.32. The van der Waals surface area contributed by atoms with Gasteiger partial charge in [0.05, 0.1) is 22.2 Å². The summed E-state index contributed by atoms with van der Waals surface area (Å²) in [7, 11) is 0. The van der Waals surface area contributed by atoms with Crippen molar-refractivity contribution in [3.05, 3.63) is 354 Å². The van der Waals surface area contributed by atoms with Crippen molar-refractivity contribution in [1.29, 1.82) is 0 Å². The topological polar surface area (TPSA) is 21.7 Å². The van der Waals surface area contributed by atoms with Gasteiger partial charge < -0.3 is 14.4 Å². The molecule has 0 atom stereocenters. The molecule has 2 aliphatic carbocycles. The van der Waals surface area contributed by atoms with E-state index in [9.17, 15) is 0 Å². The number of para-hydroxylation sites is 6. The van der Waals surface area contributed by atoms with E-state index in [1.807, 2.05) is 0 Å². The van der Waals surface area contributed by atoms with Crippen molar-refractivity contribution < 1.29 is 9.47 Å². The number of anilines is 3. The molecule has 2 heterocycles. The van der Waals surface area contributed by atoms with Crippen molar-refractivity contribution in [2.45, 2.75) is 10.8 Å². The molecule has 2 aliphatic heterocycles. The third-order valence-electron chi connectivity index (χ3n) is 18.1. The fraction of sp³-hybridized carbons (Fsp3) is 0.0250. The Bertz CT molecular complexity index is 4660. The largest absolute Gasteiger partial charge is 0.457 e. The summed E-state index contributed by atoms with van der Waals surface area (Å²) in [5.41, 5.74) is 26.0. The van der Waals surface area contributed by atoms with E-state index < -0.39 is 10.8 Å². The number of ether oxygens (including phenoxy) is 2. The second-order valence-electron chi connectivity index (χ2n) is 22.1. The number of hydrogen-bond donors (Lipinski definition) is 0. The molecular formula is C80H51NO2. The standard InChI is InChI=1S/C80H51NO2/c1-2-21-52(22-3-1)53-41-43-54(44-42-53)58-23-6-14-35-72(58)81(57-48-45-55(46-49-57)60-27-20-34-71-78(60)62-26-5-9-29-65(62)80(71)69-32-12-18-39-76(69)83-77-40-19-13-33-70(77)80)73-36-15-7-24-59(73)56-47-50-66-63(51-56)61-25-4-8-28-64(61)79(66)67-30-10-16-37-74(67)82-75-38-17-11-31-68(75)79/h1-51H. The number of hydrogen-bond acceptors (Lipinski definition) is 3. The van der Waals surface area contributed by atoms with Gasteiger partial charge in [-0.3, -0.25) is 0 Å². The molecule has 0 amide bonds. The van der Waals surface area contributed by atoms with Crippen LogP contribution in [0.3, 0.4) is 0 Å². The molecule has 0 aromatic heterocycles. The molecule has 13 aromatic rings. The molecule has 2 spiro atoms. The molecular weight excluding hydrogens is 1010 g/mol. The monoisotopic (exact) mass is 1060 g/mol. The molecule has 3 heteroatoms. The van der Waals surface area contributed by atoms with E-state index in [2.05, 4.69) is 314 Å². The molecule has 3 nitrogen and oxygen atoms in total. The highest BCUT2D eigenvalue weighted by Crippen LogP contribution is 2.65. The van der Waals surface area contributed by atoms with Crippen LogP contribution in [0.4, 0.5) is 17.1 Å². The fourth-order valence-corrected chi connectivity index (χ4v) is 14.7. The molecule has 0 N–H and O–H groups in total. The lowest BCUT2D eigenvalue weighted by molar-refractivity contribution is 0.436. The molecule has 13 aromatic carbocycles. The minimum atomic E-state index is -0.559. The molecule has 0 unspecified atom stereocenters. The van der Waals surface area contributed by atoms with E-state index in [0.717, 1.165) is 90.1 Å². The third-order valence-corrected chi connectivity index (χ3v) is 18.1. The maximum absolute atomic E-state index is 6.69. The molecule has 17 rings (SSSR count). The van der Waals surface area contributed by atoms with Crippen molar-refractivity contribution in [3.8, 4) is 89.8 Å². The number of rotatable bonds is 7. The highest BCUT2D eigenvalue weighted by atomic mass is 16.5. The summed E-state index contributed by atoms with van der Waals surface area (Å²) in [6, 6.07) is 113. The highest BCUT2D eigenvalue weighted by molar-refractivity contribution is 5.99. The van der Waals surface area contributed by atoms with Crippen LogP contribution in [0, 0.1) is 0 Å². The zero-order chi connectivity index (χ0) is 54.6. The normalized spacial score (nSPS) is 13.7. The minimum absolute atomic E-state index is 0.556. The first kappa shape index (κ1) is 47.1. The Hall–Kier alpha value is -10.7. The van der Waals surface area contributed by atoms with E-state index in [-0.39, 0.29) is 0 Å². The second kappa shape index (κ2) is 18.4. The Labute approximate surface area is 483 Å². The van der Waals surface area contributed by atoms with Gasteiger partial charge in [0.15, 0.2) is 0 Å². The van der Waals surface area contributed by atoms with Gasteiger partial charge >= 0.3 is 0 Å². The Kier molecular flexibility index (Phi) is 10.4. The van der Waals surface area contributed by atoms with Crippen molar-refractivity contribution in [2.75, 3.05) is 4.90 Å². The van der Waals surface area contributed by atoms with Crippen LogP contribution in [0.5, 0.6) is 23.0 Å². The van der Waals surface area contributed by atoms with Crippen LogP contribution >= 0.6 is 0 Å². The molecule has 83 heavy (non-hydrogen) atoms. The highest BCUT2D eigenvalue weighted by Gasteiger charge is 2.53. The first-order valence-corrected chi connectivity index (χ1v) is 28.6. The Morgan fingerprint density at radius 1 is 0.217 bits per heavy atom. The van der Waals surface area contributed by atoms with Gasteiger partial charge in [-0.05, 0) is 132 Å². The van der Waals surface area contributed by atoms with Gasteiger partial charge in [-0.15, -0.1) is 0 Å². The average molecular weight is 1060 g/mol. The molecule has 0 fully saturated rings. The first-order valence-electron chi connectivity index (χ1n) is 28.6. The summed E-state index contributed by atoms with van der Waals surface area (Å²) in [6.45, 7) is 0. The quantitative estimate of drug-likeness (QED) is 0.159. The van der Waals surface area contributed by atoms with Crippen LogP contribution in [0.2, 0.25) is 0 Å². The van der Waals surface area contributed by atoms with Gasteiger partial charge in [-0.25, -0.2) is 0 Å². The molecule has 0 saturated heterocycles. The number of benzene rings is 13. The molecule has 0 bridgehead atoms. The zero-order valence-corrected chi connectivity index (χ0v) is 45.2. The number of fused-ring (bicyclic) bond motifs is 18. The molecule has 0 radical (unpaired) electrons. The number of nitrogens with zero attached hydrogens (tertiary/aromatic N) is 1. The molecule has 4 aliphatic rings. The second-order valence-corrected chi connectivity index (χ2v) is 22.1. The smallest absolute Gasteiger partial charge is 0.132 e. The van der Waals surface area contributed by atoms with Crippen LogP contribution in [-0.2, 0) is 10.8 Å². The SMILES string of the molecule is c1ccc(-c2ccc(-c3ccccc3N(c3ccc(-c4cccc5c4-c4ccccc4C54c5ccccc5Oc5ccccc54)cc3)c3ccccc3-c3ccc4c(c3)-c3ccccc3C43c4ccccc4Oc4ccccc43)cc2)cc1. The summed E-state index contributed by atoms with van der Waals surface area (Å²) in [5.74, 6) is 3.56. The summed E-state index contributed by atoms with van der Waals surface area (Å²) in [4.78, 5) is 2.47. The van der Waals surface area contributed by atoms with E-state index in [4.69, 9.17) is 9.47 Å². The van der Waals surface area contributed by atoms with Gasteiger partial charge in [0.1, 0.15) is 23.0 Å². The van der Waals surface area contributed by atoms with Gasteiger partial charge in [0.2, 0.25) is 0 Å². The fourth-order valence-electron chi connectivity index (χ4n) is 14.7. The summed E-state index contributed by atoms with van der Waals surface area (Å²) in [6.07, 6.45) is 0. The maximum Gasteiger partial charge on any atom is 0.132 e. The van der Waals surface area contributed by atoms with Gasteiger partial charge in [-0.2, -0.15) is 0 Å². The Morgan fingerprint density at radius 2 is 0.578 bits per heavy atom. The van der Waals surface area contributed by atoms with Crippen molar-refractivity contribution >= 4 is 17.1 Å². The van der Waals surface area contributed by atoms with Crippen LogP contribution in [-0.4, -0.2) is 0 Å². The van der Waals surface area contributed by atoms with Crippen LogP contribution < -0.4 is 14.4 Å². The van der Waals surface area contributed by atoms with Crippen molar-refractivity contribution in [2.24, 2.45) is 0 Å². The summed E-state index contributed by atoms with van der Waals surface area (Å²) >= 11 is 0. The average Bonchev–Trinajstić information content (AvgIpc) is 1.65. The lowest BCUT2D eigenvalue weighted by Gasteiger charge is -2.39. The zero-order valence-electron chi connectivity index (χ0n) is 45.2. The lowest BCUT2D eigenvalue weighted by atomic mass is 9.66. The summed E-state index contributed by atoms with van der Waals surface area (Å²) < 4.78 is 13.4. The molecule has 388 valence electrons. The van der Waals surface area contributed by atoms with E-state index in [0.29, 0.717) is 0 Å². The Balaban J connectivity index is 0.844. The van der Waals surface area contributed by atoms with Crippen molar-refractivity contribution in [1.82, 2.24) is 0 Å². The van der Waals surface area contributed by atoms with Crippen molar-refractivity contribution in [3.63, 3.8) is 0 Å². The predicted octanol–water partition coefficient (Wildman–Crippen LogP) is 20.8. The van der Waals surface area contributed by atoms with Gasteiger partial charge in [0.25, 0.3) is 0 Å². The molecule has 0 saturated carbocycles. The van der Waals surface area contributed by atoms with Gasteiger partial charge in [-0.1, -0.05) is 255 Å². The van der Waals surface area contributed by atoms with Gasteiger partial charge in [0, 0.05) is 39.1 Å². The third kappa shape index (κ3) is 6.80.